The molecule has 0 saturated heterocycles. The lowest BCUT2D eigenvalue weighted by Crippen LogP contribution is -2.37. The molecule has 1 aromatic heterocycles. The van der Waals surface area contributed by atoms with Crippen LogP contribution in [0.1, 0.15) is 27.2 Å². The molecule has 3 aromatic carbocycles. The Morgan fingerprint density at radius 3 is 2.37 bits per heavy atom. The summed E-state index contributed by atoms with van der Waals surface area (Å²) in [6.45, 7) is 5.64. The Morgan fingerprint density at radius 1 is 0.914 bits per heavy atom. The Bertz CT molecular complexity index is 1370. The van der Waals surface area contributed by atoms with Crippen molar-refractivity contribution in [3.63, 3.8) is 0 Å². The van der Waals surface area contributed by atoms with Crippen LogP contribution in [0.2, 0.25) is 0 Å². The molecular formula is C27H25N3O4S. The second-order valence-corrected chi connectivity index (χ2v) is 8.65. The van der Waals surface area contributed by atoms with Gasteiger partial charge in [0, 0.05) is 16.8 Å². The molecule has 0 atom stereocenters. The van der Waals surface area contributed by atoms with Crippen LogP contribution in [0, 0.1) is 20.8 Å². The highest BCUT2D eigenvalue weighted by molar-refractivity contribution is 7.80. The molecule has 178 valence electrons. The molecule has 2 amide bonds. The van der Waals surface area contributed by atoms with Crippen LogP contribution in [0.25, 0.3) is 11.0 Å². The quantitative estimate of drug-likeness (QED) is 0.311. The first-order chi connectivity index (χ1) is 16.8. The van der Waals surface area contributed by atoms with Crippen LogP contribution < -0.4 is 20.7 Å². The molecular weight excluding hydrogens is 462 g/mol. The van der Waals surface area contributed by atoms with Gasteiger partial charge in [0.1, 0.15) is 11.3 Å². The minimum Gasteiger partial charge on any atom is -0.484 e. The molecule has 0 aliphatic carbocycles. The number of furan rings is 1. The van der Waals surface area contributed by atoms with Crippen LogP contribution in [-0.2, 0) is 4.79 Å². The highest BCUT2D eigenvalue weighted by Crippen LogP contribution is 2.23. The van der Waals surface area contributed by atoms with Gasteiger partial charge in [-0.25, -0.2) is 0 Å². The van der Waals surface area contributed by atoms with Crippen LogP contribution in [0.15, 0.2) is 71.1 Å². The number of rotatable bonds is 6. The zero-order valence-corrected chi connectivity index (χ0v) is 20.4. The van der Waals surface area contributed by atoms with E-state index in [1.807, 2.05) is 69.3 Å². The summed E-state index contributed by atoms with van der Waals surface area (Å²) in [5.41, 5.74) is 4.90. The summed E-state index contributed by atoms with van der Waals surface area (Å²) in [6, 6.07) is 20.3. The molecule has 35 heavy (non-hydrogen) atoms. The van der Waals surface area contributed by atoms with Crippen LogP contribution in [-0.4, -0.2) is 23.5 Å². The molecule has 0 bridgehead atoms. The Kier molecular flexibility index (Phi) is 7.12. The Balaban J connectivity index is 1.31. The minimum absolute atomic E-state index is 0.150. The fourth-order valence-electron chi connectivity index (χ4n) is 3.65. The van der Waals surface area contributed by atoms with Gasteiger partial charge in [-0.2, -0.15) is 0 Å². The molecule has 0 fully saturated rings. The number of thiocarbonyl (C=S) groups is 1. The highest BCUT2D eigenvalue weighted by atomic mass is 32.1. The predicted molar refractivity (Wildman–Crippen MR) is 141 cm³/mol. The summed E-state index contributed by atoms with van der Waals surface area (Å²) in [6.07, 6.45) is 0. The standard InChI is InChI=1S/C27H25N3O4S/c1-16-10-17(2)12-21(11-16)33-15-25(31)30-27(35)28-20-8-9-22(18(3)13-20)29-26(32)24-14-19-6-4-5-7-23(19)34-24/h4-14H,15H2,1-3H3,(H,29,32)(H2,28,30,31,35). The number of ether oxygens (including phenoxy) is 1. The van der Waals surface area contributed by atoms with Crippen molar-refractivity contribution in [1.29, 1.82) is 0 Å². The number of carbonyl (C=O) groups excluding carboxylic acids is 2. The number of anilines is 2. The molecule has 4 rings (SSSR count). The van der Waals surface area contributed by atoms with Crippen molar-refractivity contribution in [3.05, 3.63) is 89.2 Å². The lowest BCUT2D eigenvalue weighted by molar-refractivity contribution is -0.121. The van der Waals surface area contributed by atoms with Crippen molar-refractivity contribution in [2.45, 2.75) is 20.8 Å². The monoisotopic (exact) mass is 487 g/mol. The average Bonchev–Trinajstić information content (AvgIpc) is 3.23. The van der Waals surface area contributed by atoms with Gasteiger partial charge < -0.3 is 19.8 Å². The number of hydrogen-bond donors (Lipinski definition) is 3. The van der Waals surface area contributed by atoms with Gasteiger partial charge in [0.05, 0.1) is 0 Å². The van der Waals surface area contributed by atoms with Gasteiger partial charge in [0.2, 0.25) is 0 Å². The maximum absolute atomic E-state index is 12.6. The van der Waals surface area contributed by atoms with Crippen LogP contribution >= 0.6 is 12.2 Å². The van der Waals surface area contributed by atoms with Crippen LogP contribution in [0.4, 0.5) is 11.4 Å². The van der Waals surface area contributed by atoms with Gasteiger partial charge in [0.25, 0.3) is 11.8 Å². The largest absolute Gasteiger partial charge is 0.484 e. The molecule has 4 aromatic rings. The molecule has 0 unspecified atom stereocenters. The number of amides is 2. The van der Waals surface area contributed by atoms with E-state index in [4.69, 9.17) is 21.4 Å². The van der Waals surface area contributed by atoms with Gasteiger partial charge in [-0.05, 0) is 92.1 Å². The molecule has 0 aliphatic rings. The second kappa shape index (κ2) is 10.4. The van der Waals surface area contributed by atoms with Gasteiger partial charge in [-0.3, -0.25) is 14.9 Å². The summed E-state index contributed by atoms with van der Waals surface area (Å²) in [7, 11) is 0. The molecule has 1 heterocycles. The third-order valence-electron chi connectivity index (χ3n) is 5.20. The SMILES string of the molecule is Cc1cc(C)cc(OCC(=O)NC(=S)Nc2ccc(NC(=O)c3cc4ccccc4o3)c(C)c2)c1. The van der Waals surface area contributed by atoms with E-state index < -0.39 is 0 Å². The van der Waals surface area contributed by atoms with Crippen molar-refractivity contribution < 1.29 is 18.7 Å². The Hall–Kier alpha value is -4.17. The van der Waals surface area contributed by atoms with E-state index >= 15 is 0 Å². The molecule has 0 radical (unpaired) electrons. The van der Waals surface area contributed by atoms with E-state index in [9.17, 15) is 9.59 Å². The number of fused-ring (bicyclic) bond motifs is 1. The van der Waals surface area contributed by atoms with E-state index in [0.717, 1.165) is 22.1 Å². The lowest BCUT2D eigenvalue weighted by Gasteiger charge is -2.13. The fraction of sp³-hybridized carbons (Fsp3) is 0.148. The summed E-state index contributed by atoms with van der Waals surface area (Å²) in [4.78, 5) is 24.8. The second-order valence-electron chi connectivity index (χ2n) is 8.25. The molecule has 7 nitrogen and oxygen atoms in total. The van der Waals surface area contributed by atoms with Crippen LogP contribution in [0.3, 0.4) is 0 Å². The van der Waals surface area contributed by atoms with Crippen molar-refractivity contribution in [2.75, 3.05) is 17.2 Å². The highest BCUT2D eigenvalue weighted by Gasteiger charge is 2.14. The number of aryl methyl sites for hydroxylation is 3. The van der Waals surface area contributed by atoms with Crippen molar-refractivity contribution in [2.24, 2.45) is 0 Å². The molecule has 8 heteroatoms. The normalized spacial score (nSPS) is 10.6. The van der Waals surface area contributed by atoms with Crippen molar-refractivity contribution in [1.82, 2.24) is 5.32 Å². The first kappa shape index (κ1) is 24.0. The van der Waals surface area contributed by atoms with E-state index in [1.54, 1.807) is 18.2 Å². The van der Waals surface area contributed by atoms with Gasteiger partial charge in [-0.15, -0.1) is 0 Å². The number of para-hydroxylation sites is 1. The van der Waals surface area contributed by atoms with Crippen molar-refractivity contribution in [3.8, 4) is 5.75 Å². The zero-order chi connectivity index (χ0) is 24.9. The summed E-state index contributed by atoms with van der Waals surface area (Å²) >= 11 is 5.25. The minimum atomic E-state index is -0.368. The predicted octanol–water partition coefficient (Wildman–Crippen LogP) is 5.50. The first-order valence-electron chi connectivity index (χ1n) is 11.0. The summed E-state index contributed by atoms with van der Waals surface area (Å²) in [5, 5.41) is 9.45. The van der Waals surface area contributed by atoms with Gasteiger partial charge in [-0.1, -0.05) is 24.3 Å². The Labute approximate surface area is 208 Å². The number of nitrogens with one attached hydrogen (secondary N) is 3. The third-order valence-corrected chi connectivity index (χ3v) is 5.40. The van der Waals surface area contributed by atoms with Crippen LogP contribution in [0.5, 0.6) is 5.75 Å². The third kappa shape index (κ3) is 6.24. The molecule has 0 saturated carbocycles. The summed E-state index contributed by atoms with van der Waals surface area (Å²) in [5.74, 6) is 0.164. The summed E-state index contributed by atoms with van der Waals surface area (Å²) < 4.78 is 11.2. The van der Waals surface area contributed by atoms with Crippen molar-refractivity contribution >= 4 is 51.5 Å². The Morgan fingerprint density at radius 2 is 1.66 bits per heavy atom. The number of hydrogen-bond acceptors (Lipinski definition) is 5. The first-order valence-corrected chi connectivity index (χ1v) is 11.4. The average molecular weight is 488 g/mol. The number of carbonyl (C=O) groups is 2. The fourth-order valence-corrected chi connectivity index (χ4v) is 3.88. The van der Waals surface area contributed by atoms with Gasteiger partial charge in [0.15, 0.2) is 17.5 Å². The van der Waals surface area contributed by atoms with E-state index in [-0.39, 0.29) is 29.3 Å². The van der Waals surface area contributed by atoms with E-state index in [0.29, 0.717) is 22.7 Å². The topological polar surface area (TPSA) is 92.6 Å². The lowest BCUT2D eigenvalue weighted by atomic mass is 10.1. The smallest absolute Gasteiger partial charge is 0.291 e. The molecule has 3 N–H and O–H groups in total. The number of benzene rings is 3. The maximum Gasteiger partial charge on any atom is 0.291 e. The maximum atomic E-state index is 12.6. The zero-order valence-electron chi connectivity index (χ0n) is 19.6. The van der Waals surface area contributed by atoms with E-state index in [2.05, 4.69) is 16.0 Å². The van der Waals surface area contributed by atoms with E-state index in [1.165, 1.54) is 0 Å². The molecule has 0 aliphatic heterocycles. The van der Waals surface area contributed by atoms with Gasteiger partial charge >= 0.3 is 0 Å². The molecule has 0 spiro atoms.